The van der Waals surface area contributed by atoms with Gasteiger partial charge in [0.15, 0.2) is 9.84 Å². The van der Waals surface area contributed by atoms with Crippen LogP contribution in [0.25, 0.3) is 0 Å². The molecule has 5 heteroatoms. The molecule has 0 radical (unpaired) electrons. The number of hydrogen-bond donors (Lipinski definition) is 0. The van der Waals surface area contributed by atoms with Crippen LogP contribution in [0.2, 0.25) is 0 Å². The van der Waals surface area contributed by atoms with Gasteiger partial charge in [0.2, 0.25) is 0 Å². The van der Waals surface area contributed by atoms with E-state index in [1.54, 1.807) is 47.3 Å². The van der Waals surface area contributed by atoms with Crippen molar-refractivity contribution in [3.8, 4) is 0 Å². The lowest BCUT2D eigenvalue weighted by Crippen LogP contribution is -2.10. The van der Waals surface area contributed by atoms with Crippen LogP contribution in [0, 0.1) is 6.92 Å². The molecule has 0 N–H and O–H groups in total. The molecule has 0 spiro atoms. The van der Waals surface area contributed by atoms with E-state index in [4.69, 9.17) is 3.07 Å². The van der Waals surface area contributed by atoms with Gasteiger partial charge in [-0.05, 0) is 19.1 Å². The Morgan fingerprint density at radius 1 is 1.29 bits per heavy atom. The molecule has 3 nitrogen and oxygen atoms in total. The maximum Gasteiger partial charge on any atom is 0.180 e. The lowest BCUT2D eigenvalue weighted by molar-refractivity contribution is 0.455. The molecule has 1 aromatic carbocycles. The summed E-state index contributed by atoms with van der Waals surface area (Å²) in [4.78, 5) is 0.358. The molecule has 0 amide bonds. The van der Waals surface area contributed by atoms with Gasteiger partial charge in [0, 0.05) is 0 Å². The third kappa shape index (κ3) is 3.21. The fourth-order valence-corrected chi connectivity index (χ4v) is 2.61. The van der Waals surface area contributed by atoms with Crippen LogP contribution in [-0.2, 0) is 12.9 Å². The van der Waals surface area contributed by atoms with Gasteiger partial charge in [-0.2, -0.15) is 0 Å². The highest BCUT2D eigenvalue weighted by Gasteiger charge is 2.13. The molecular weight excluding hydrogens is 315 g/mol. The highest BCUT2D eigenvalue weighted by atomic mass is 127. The molecule has 0 saturated carbocycles. The minimum Gasteiger partial charge on any atom is -0.315 e. The average molecular weight is 326 g/mol. The van der Waals surface area contributed by atoms with Crippen LogP contribution in [0.3, 0.4) is 0 Å². The van der Waals surface area contributed by atoms with E-state index in [0.717, 1.165) is 5.56 Å². The first-order chi connectivity index (χ1) is 6.56. The number of halogens is 1. The summed E-state index contributed by atoms with van der Waals surface area (Å²) in [5.74, 6) is 0.0268. The lowest BCUT2D eigenvalue weighted by Gasteiger charge is -2.02. The summed E-state index contributed by atoms with van der Waals surface area (Å²) >= 11 is 1.69. The number of rotatable bonds is 4. The summed E-state index contributed by atoms with van der Waals surface area (Å²) in [5.41, 5.74) is 1.05. The van der Waals surface area contributed by atoms with Gasteiger partial charge in [-0.25, -0.2) is 8.42 Å². The Bertz CT molecular complexity index is 383. The molecule has 14 heavy (non-hydrogen) atoms. The first-order valence-electron chi connectivity index (χ1n) is 4.09. The molecule has 0 heterocycles. The standard InChI is InChI=1S/C9H11IO3S/c1-8-2-4-9(5-3-8)14(11,12)7-6-13-10/h2-5H,6-7H2,1H3. The Hall–Kier alpha value is -0.140. The summed E-state index contributed by atoms with van der Waals surface area (Å²) in [5, 5.41) is 0. The molecule has 0 aliphatic rings. The van der Waals surface area contributed by atoms with E-state index in [2.05, 4.69) is 0 Å². The molecule has 0 unspecified atom stereocenters. The smallest absolute Gasteiger partial charge is 0.180 e. The van der Waals surface area contributed by atoms with E-state index in [-0.39, 0.29) is 12.4 Å². The predicted octanol–water partition coefficient (Wildman–Crippen LogP) is 2.14. The zero-order valence-corrected chi connectivity index (χ0v) is 10.7. The quantitative estimate of drug-likeness (QED) is 0.796. The number of benzene rings is 1. The SMILES string of the molecule is Cc1ccc(S(=O)(=O)CCOI)cc1. The van der Waals surface area contributed by atoms with Crippen molar-refractivity contribution in [2.45, 2.75) is 11.8 Å². The normalized spacial score (nSPS) is 11.6. The summed E-state index contributed by atoms with van der Waals surface area (Å²) < 4.78 is 28.0. The van der Waals surface area contributed by atoms with Gasteiger partial charge in [0.25, 0.3) is 0 Å². The van der Waals surface area contributed by atoms with Crippen LogP contribution in [0.15, 0.2) is 29.2 Å². The molecule has 0 aliphatic heterocycles. The van der Waals surface area contributed by atoms with E-state index in [1.165, 1.54) is 0 Å². The first-order valence-corrected chi connectivity index (χ1v) is 6.62. The van der Waals surface area contributed by atoms with Crippen molar-refractivity contribution in [2.24, 2.45) is 0 Å². The average Bonchev–Trinajstić information content (AvgIpc) is 2.16. The molecule has 0 fully saturated rings. The summed E-state index contributed by atoms with van der Waals surface area (Å²) in [6, 6.07) is 6.82. The largest absolute Gasteiger partial charge is 0.315 e. The third-order valence-corrected chi connectivity index (χ3v) is 3.94. The monoisotopic (exact) mass is 326 g/mol. The van der Waals surface area contributed by atoms with Crippen molar-refractivity contribution in [1.82, 2.24) is 0 Å². The molecule has 0 bridgehead atoms. The fraction of sp³-hybridized carbons (Fsp3) is 0.333. The Labute approximate surface area is 98.1 Å². The number of sulfone groups is 1. The molecule has 0 aliphatic carbocycles. The van der Waals surface area contributed by atoms with Crippen molar-refractivity contribution in [2.75, 3.05) is 12.4 Å². The molecule has 78 valence electrons. The van der Waals surface area contributed by atoms with E-state index < -0.39 is 9.84 Å². The second-order valence-electron chi connectivity index (χ2n) is 2.95. The van der Waals surface area contributed by atoms with Gasteiger partial charge in [-0.3, -0.25) is 0 Å². The maximum atomic E-state index is 11.6. The Balaban J connectivity index is 2.87. The van der Waals surface area contributed by atoms with Crippen LogP contribution in [0.1, 0.15) is 5.56 Å². The molecule has 1 rings (SSSR count). The van der Waals surface area contributed by atoms with Gasteiger partial charge in [-0.15, -0.1) is 0 Å². The maximum absolute atomic E-state index is 11.6. The van der Waals surface area contributed by atoms with Crippen molar-refractivity contribution in [1.29, 1.82) is 0 Å². The van der Waals surface area contributed by atoms with Gasteiger partial charge in [0.05, 0.1) is 17.3 Å². The van der Waals surface area contributed by atoms with Crippen LogP contribution in [0.4, 0.5) is 0 Å². The summed E-state index contributed by atoms with van der Waals surface area (Å²) in [7, 11) is -3.17. The third-order valence-electron chi connectivity index (χ3n) is 1.81. The van der Waals surface area contributed by atoms with Crippen LogP contribution in [0.5, 0.6) is 0 Å². The van der Waals surface area contributed by atoms with Crippen LogP contribution < -0.4 is 0 Å². The number of aryl methyl sites for hydroxylation is 1. The van der Waals surface area contributed by atoms with E-state index in [9.17, 15) is 8.42 Å². The molecular formula is C9H11IO3S. The van der Waals surface area contributed by atoms with Crippen molar-refractivity contribution in [3.05, 3.63) is 29.8 Å². The van der Waals surface area contributed by atoms with E-state index in [0.29, 0.717) is 4.90 Å². The first kappa shape index (κ1) is 11.9. The zero-order valence-electron chi connectivity index (χ0n) is 7.73. The van der Waals surface area contributed by atoms with Crippen LogP contribution in [-0.4, -0.2) is 20.8 Å². The fourth-order valence-electron chi connectivity index (χ4n) is 1.00. The van der Waals surface area contributed by atoms with Crippen molar-refractivity contribution in [3.63, 3.8) is 0 Å². The summed E-state index contributed by atoms with van der Waals surface area (Å²) in [6.07, 6.45) is 0. The van der Waals surface area contributed by atoms with Crippen LogP contribution >= 0.6 is 23.0 Å². The van der Waals surface area contributed by atoms with Gasteiger partial charge < -0.3 is 3.07 Å². The lowest BCUT2D eigenvalue weighted by atomic mass is 10.2. The summed E-state index contributed by atoms with van der Waals surface area (Å²) in [6.45, 7) is 2.14. The van der Waals surface area contributed by atoms with Gasteiger partial charge >= 0.3 is 0 Å². The molecule has 0 atom stereocenters. The topological polar surface area (TPSA) is 43.4 Å². The van der Waals surface area contributed by atoms with E-state index >= 15 is 0 Å². The van der Waals surface area contributed by atoms with Crippen molar-refractivity contribution < 1.29 is 11.5 Å². The molecule has 0 aromatic heterocycles. The highest BCUT2D eigenvalue weighted by Crippen LogP contribution is 2.12. The second-order valence-corrected chi connectivity index (χ2v) is 5.68. The Kier molecular flexibility index (Phi) is 4.33. The Morgan fingerprint density at radius 3 is 2.36 bits per heavy atom. The van der Waals surface area contributed by atoms with Gasteiger partial charge in [0.1, 0.15) is 23.0 Å². The molecule has 0 saturated heterocycles. The Morgan fingerprint density at radius 2 is 1.86 bits per heavy atom. The van der Waals surface area contributed by atoms with Crippen molar-refractivity contribution >= 4 is 32.8 Å². The predicted molar refractivity (Wildman–Crippen MR) is 63.2 cm³/mol. The highest BCUT2D eigenvalue weighted by molar-refractivity contribution is 14.1. The zero-order chi connectivity index (χ0) is 10.6. The minimum absolute atomic E-state index is 0.0268. The van der Waals surface area contributed by atoms with Gasteiger partial charge in [-0.1, -0.05) is 17.7 Å². The minimum atomic E-state index is -3.17. The molecule has 1 aromatic rings. The van der Waals surface area contributed by atoms with E-state index in [1.807, 2.05) is 6.92 Å². The second kappa shape index (κ2) is 5.09. The number of hydrogen-bond acceptors (Lipinski definition) is 3.